The van der Waals surface area contributed by atoms with E-state index in [4.69, 9.17) is 5.73 Å². The van der Waals surface area contributed by atoms with Crippen LogP contribution in [0.15, 0.2) is 24.3 Å². The number of benzene rings is 1. The van der Waals surface area contributed by atoms with Crippen molar-refractivity contribution in [2.75, 3.05) is 13.1 Å². The molecule has 0 spiro atoms. The average Bonchev–Trinajstić information content (AvgIpc) is 2.37. The molecule has 1 aliphatic rings. The summed E-state index contributed by atoms with van der Waals surface area (Å²) in [5.74, 6) is 0.781. The summed E-state index contributed by atoms with van der Waals surface area (Å²) in [5.41, 5.74) is 8.80. The van der Waals surface area contributed by atoms with E-state index in [-0.39, 0.29) is 0 Å². The molecule has 1 heterocycles. The minimum absolute atomic E-state index is 0.315. The SMILES string of the molecule is Cc1ccc(CN2CC(CCN)CCC2(C)C)cc1. The molecule has 19 heavy (non-hydrogen) atoms. The van der Waals surface area contributed by atoms with Crippen molar-refractivity contribution in [1.82, 2.24) is 4.90 Å². The minimum Gasteiger partial charge on any atom is -0.330 e. The molecule has 0 bridgehead atoms. The summed E-state index contributed by atoms with van der Waals surface area (Å²) < 4.78 is 0. The molecule has 2 nitrogen and oxygen atoms in total. The summed E-state index contributed by atoms with van der Waals surface area (Å²) >= 11 is 0. The van der Waals surface area contributed by atoms with Gasteiger partial charge in [0.25, 0.3) is 0 Å². The lowest BCUT2D eigenvalue weighted by Crippen LogP contribution is -2.50. The van der Waals surface area contributed by atoms with E-state index in [0.717, 1.165) is 19.0 Å². The van der Waals surface area contributed by atoms with Crippen LogP contribution in [0.4, 0.5) is 0 Å². The van der Waals surface area contributed by atoms with Crippen molar-refractivity contribution < 1.29 is 0 Å². The van der Waals surface area contributed by atoms with E-state index >= 15 is 0 Å². The van der Waals surface area contributed by atoms with Crippen LogP contribution in [0.5, 0.6) is 0 Å². The maximum absolute atomic E-state index is 5.72. The van der Waals surface area contributed by atoms with Crippen LogP contribution in [0.2, 0.25) is 0 Å². The molecule has 1 aromatic rings. The Labute approximate surface area is 118 Å². The molecule has 1 saturated heterocycles. The zero-order valence-corrected chi connectivity index (χ0v) is 12.7. The first-order chi connectivity index (χ1) is 9.01. The predicted molar refractivity (Wildman–Crippen MR) is 82.1 cm³/mol. The highest BCUT2D eigenvalue weighted by molar-refractivity contribution is 5.21. The first kappa shape index (κ1) is 14.5. The van der Waals surface area contributed by atoms with Gasteiger partial charge in [0.1, 0.15) is 0 Å². The molecule has 0 saturated carbocycles. The molecule has 2 heteroatoms. The molecule has 0 radical (unpaired) electrons. The van der Waals surface area contributed by atoms with Gasteiger partial charge in [-0.05, 0) is 58.1 Å². The molecule has 2 rings (SSSR count). The zero-order valence-electron chi connectivity index (χ0n) is 12.7. The topological polar surface area (TPSA) is 29.3 Å². The van der Waals surface area contributed by atoms with Crippen LogP contribution in [-0.4, -0.2) is 23.5 Å². The largest absolute Gasteiger partial charge is 0.330 e. The molecular formula is C17H28N2. The Morgan fingerprint density at radius 3 is 2.58 bits per heavy atom. The lowest BCUT2D eigenvalue weighted by atomic mass is 9.83. The van der Waals surface area contributed by atoms with Gasteiger partial charge in [-0.25, -0.2) is 0 Å². The van der Waals surface area contributed by atoms with Crippen molar-refractivity contribution in [1.29, 1.82) is 0 Å². The summed E-state index contributed by atoms with van der Waals surface area (Å²) in [6.07, 6.45) is 3.78. The van der Waals surface area contributed by atoms with Gasteiger partial charge in [-0.2, -0.15) is 0 Å². The van der Waals surface area contributed by atoms with Crippen LogP contribution in [-0.2, 0) is 6.54 Å². The van der Waals surface area contributed by atoms with E-state index in [1.54, 1.807) is 0 Å². The Kier molecular flexibility index (Phi) is 4.64. The second kappa shape index (κ2) is 6.06. The molecule has 106 valence electrons. The van der Waals surface area contributed by atoms with Crippen LogP contribution < -0.4 is 5.73 Å². The van der Waals surface area contributed by atoms with Crippen LogP contribution >= 0.6 is 0 Å². The fourth-order valence-electron chi connectivity index (χ4n) is 3.03. The Morgan fingerprint density at radius 2 is 1.95 bits per heavy atom. The van der Waals surface area contributed by atoms with Gasteiger partial charge in [0, 0.05) is 18.6 Å². The van der Waals surface area contributed by atoms with E-state index in [1.807, 2.05) is 0 Å². The minimum atomic E-state index is 0.315. The van der Waals surface area contributed by atoms with E-state index in [9.17, 15) is 0 Å². The van der Waals surface area contributed by atoms with Crippen LogP contribution in [0.1, 0.15) is 44.2 Å². The van der Waals surface area contributed by atoms with Gasteiger partial charge in [-0.15, -0.1) is 0 Å². The number of nitrogens with two attached hydrogens (primary N) is 1. The third-order valence-electron chi connectivity index (χ3n) is 4.57. The molecule has 1 unspecified atom stereocenters. The quantitative estimate of drug-likeness (QED) is 0.899. The highest BCUT2D eigenvalue weighted by Crippen LogP contribution is 2.32. The fraction of sp³-hybridized carbons (Fsp3) is 0.647. The van der Waals surface area contributed by atoms with Crippen LogP contribution in [0.25, 0.3) is 0 Å². The normalized spacial score (nSPS) is 23.5. The summed E-state index contributed by atoms with van der Waals surface area (Å²) in [5, 5.41) is 0. The number of likely N-dealkylation sites (tertiary alicyclic amines) is 1. The standard InChI is InChI=1S/C17H28N2/c1-14-4-6-15(7-5-14)12-19-13-16(9-11-18)8-10-17(19,2)3/h4-7,16H,8-13,18H2,1-3H3. The van der Waals surface area contributed by atoms with Gasteiger partial charge in [-0.1, -0.05) is 29.8 Å². The molecule has 1 aromatic carbocycles. The lowest BCUT2D eigenvalue weighted by Gasteiger charge is -2.46. The van der Waals surface area contributed by atoms with Crippen molar-refractivity contribution in [3.8, 4) is 0 Å². The Balaban J connectivity index is 2.04. The van der Waals surface area contributed by atoms with Gasteiger partial charge >= 0.3 is 0 Å². The Hall–Kier alpha value is -0.860. The first-order valence-electron chi connectivity index (χ1n) is 7.52. The van der Waals surface area contributed by atoms with Crippen molar-refractivity contribution in [2.45, 2.75) is 52.1 Å². The summed E-state index contributed by atoms with van der Waals surface area (Å²) in [4.78, 5) is 2.64. The highest BCUT2D eigenvalue weighted by Gasteiger charge is 2.33. The second-order valence-electron chi connectivity index (χ2n) is 6.66. The number of piperidine rings is 1. The molecule has 0 amide bonds. The predicted octanol–water partition coefficient (Wildman–Crippen LogP) is 3.33. The Morgan fingerprint density at radius 1 is 1.26 bits per heavy atom. The summed E-state index contributed by atoms with van der Waals surface area (Å²) in [6, 6.07) is 8.95. The van der Waals surface area contributed by atoms with E-state index in [0.29, 0.717) is 5.54 Å². The van der Waals surface area contributed by atoms with Crippen molar-refractivity contribution >= 4 is 0 Å². The maximum atomic E-state index is 5.72. The third-order valence-corrected chi connectivity index (χ3v) is 4.57. The van der Waals surface area contributed by atoms with Gasteiger partial charge in [0.15, 0.2) is 0 Å². The second-order valence-corrected chi connectivity index (χ2v) is 6.66. The number of aryl methyl sites for hydroxylation is 1. The molecule has 0 aliphatic carbocycles. The van der Waals surface area contributed by atoms with Gasteiger partial charge in [-0.3, -0.25) is 4.90 Å². The van der Waals surface area contributed by atoms with E-state index in [2.05, 4.69) is 49.9 Å². The number of hydrogen-bond acceptors (Lipinski definition) is 2. The average molecular weight is 260 g/mol. The molecule has 0 aromatic heterocycles. The van der Waals surface area contributed by atoms with Gasteiger partial charge in [0.2, 0.25) is 0 Å². The summed E-state index contributed by atoms with van der Waals surface area (Å²) in [6.45, 7) is 9.97. The van der Waals surface area contributed by atoms with Crippen molar-refractivity contribution in [2.24, 2.45) is 11.7 Å². The van der Waals surface area contributed by atoms with Crippen molar-refractivity contribution in [3.63, 3.8) is 0 Å². The lowest BCUT2D eigenvalue weighted by molar-refractivity contribution is 0.0362. The van der Waals surface area contributed by atoms with Crippen molar-refractivity contribution in [3.05, 3.63) is 35.4 Å². The number of nitrogens with zero attached hydrogens (tertiary/aromatic N) is 1. The molecule has 1 atom stereocenters. The van der Waals surface area contributed by atoms with E-state index in [1.165, 1.54) is 36.9 Å². The monoisotopic (exact) mass is 260 g/mol. The maximum Gasteiger partial charge on any atom is 0.0239 e. The fourth-order valence-corrected chi connectivity index (χ4v) is 3.03. The van der Waals surface area contributed by atoms with E-state index < -0.39 is 0 Å². The highest BCUT2D eigenvalue weighted by atomic mass is 15.2. The Bertz CT molecular complexity index is 394. The molecule has 1 aliphatic heterocycles. The van der Waals surface area contributed by atoms with Crippen LogP contribution in [0, 0.1) is 12.8 Å². The molecular weight excluding hydrogens is 232 g/mol. The smallest absolute Gasteiger partial charge is 0.0239 e. The number of hydrogen-bond donors (Lipinski definition) is 1. The molecule has 2 N–H and O–H groups in total. The van der Waals surface area contributed by atoms with Gasteiger partial charge in [0.05, 0.1) is 0 Å². The first-order valence-corrected chi connectivity index (χ1v) is 7.52. The zero-order chi connectivity index (χ0) is 13.9. The summed E-state index contributed by atoms with van der Waals surface area (Å²) in [7, 11) is 0. The third kappa shape index (κ3) is 3.80. The van der Waals surface area contributed by atoms with Gasteiger partial charge < -0.3 is 5.73 Å². The van der Waals surface area contributed by atoms with Crippen LogP contribution in [0.3, 0.4) is 0 Å². The molecule has 1 fully saturated rings. The number of rotatable bonds is 4.